The summed E-state index contributed by atoms with van der Waals surface area (Å²) < 4.78 is 0. The van der Waals surface area contributed by atoms with E-state index in [-0.39, 0.29) is 5.92 Å². The maximum absolute atomic E-state index is 9.70. The third-order valence-electron chi connectivity index (χ3n) is 4.27. The molecular formula is C21H44O2. The Balaban J connectivity index is 0. The average Bonchev–Trinajstić information content (AvgIpc) is 2.46. The van der Waals surface area contributed by atoms with Crippen molar-refractivity contribution in [2.75, 3.05) is 0 Å². The molecule has 0 bridgehead atoms. The highest BCUT2D eigenvalue weighted by Gasteiger charge is 2.03. The van der Waals surface area contributed by atoms with Gasteiger partial charge in [0.2, 0.25) is 0 Å². The molecule has 1 N–H and O–H groups in total. The third kappa shape index (κ3) is 23.9. The van der Waals surface area contributed by atoms with Gasteiger partial charge in [0.15, 0.2) is 0 Å². The number of hydrogen-bond acceptors (Lipinski definition) is 1. The fourth-order valence-electron chi connectivity index (χ4n) is 2.47. The zero-order valence-corrected chi connectivity index (χ0v) is 16.9. The van der Waals surface area contributed by atoms with Crippen LogP contribution in [0.15, 0.2) is 0 Å². The van der Waals surface area contributed by atoms with Gasteiger partial charge in [-0.2, -0.15) is 0 Å². The Morgan fingerprint density at radius 1 is 0.739 bits per heavy atom. The summed E-state index contributed by atoms with van der Waals surface area (Å²) in [6.07, 6.45) is 15.9. The molecule has 0 amide bonds. The van der Waals surface area contributed by atoms with Gasteiger partial charge in [0, 0.05) is 0 Å². The Labute approximate surface area is 146 Å². The van der Waals surface area contributed by atoms with Crippen molar-refractivity contribution in [3.8, 4) is 0 Å². The number of carboxylic acid groups (broad SMARTS) is 1. The summed E-state index contributed by atoms with van der Waals surface area (Å²) in [5.41, 5.74) is 0. The Morgan fingerprint density at radius 3 is 1.61 bits per heavy atom. The number of carboxylic acids is 1. The Hall–Kier alpha value is -0.530. The lowest BCUT2D eigenvalue weighted by atomic mass is 9.95. The quantitative estimate of drug-likeness (QED) is 0.360. The van der Waals surface area contributed by atoms with E-state index in [0.717, 1.165) is 11.8 Å². The van der Waals surface area contributed by atoms with Gasteiger partial charge in [-0.25, -0.2) is 0 Å². The fourth-order valence-corrected chi connectivity index (χ4v) is 2.47. The van der Waals surface area contributed by atoms with Gasteiger partial charge >= 0.3 is 5.97 Å². The van der Waals surface area contributed by atoms with E-state index in [0.29, 0.717) is 0 Å². The topological polar surface area (TPSA) is 37.3 Å². The number of hydrogen-bond donors (Lipinski definition) is 1. The minimum Gasteiger partial charge on any atom is -0.481 e. The molecule has 0 aromatic heterocycles. The van der Waals surface area contributed by atoms with Crippen molar-refractivity contribution in [1.29, 1.82) is 0 Å². The van der Waals surface area contributed by atoms with Gasteiger partial charge in [0.1, 0.15) is 0 Å². The van der Waals surface area contributed by atoms with E-state index >= 15 is 0 Å². The van der Waals surface area contributed by atoms with Crippen LogP contribution in [-0.2, 0) is 4.79 Å². The average molecular weight is 329 g/mol. The van der Waals surface area contributed by atoms with Gasteiger partial charge in [-0.05, 0) is 11.8 Å². The normalized spacial score (nSPS) is 12.2. The highest BCUT2D eigenvalue weighted by molar-refractivity contribution is 5.68. The van der Waals surface area contributed by atoms with E-state index in [1.807, 2.05) is 0 Å². The smallest absolute Gasteiger partial charge is 0.305 e. The summed E-state index contributed by atoms with van der Waals surface area (Å²) >= 11 is 0. The first kappa shape index (κ1) is 24.7. The molecule has 0 saturated heterocycles. The Morgan fingerprint density at radius 2 is 1.17 bits per heavy atom. The van der Waals surface area contributed by atoms with E-state index in [9.17, 15) is 4.79 Å². The van der Waals surface area contributed by atoms with E-state index in [2.05, 4.69) is 27.7 Å². The lowest BCUT2D eigenvalue weighted by Crippen LogP contribution is -2.03. The molecule has 0 aromatic rings. The zero-order valence-electron chi connectivity index (χ0n) is 16.9. The van der Waals surface area contributed by atoms with Crippen LogP contribution in [0.5, 0.6) is 0 Å². The zero-order chi connectivity index (χ0) is 18.1. The molecule has 1 atom stereocenters. The van der Waals surface area contributed by atoms with Crippen LogP contribution in [0.25, 0.3) is 0 Å². The first-order valence-electron chi connectivity index (χ1n) is 10.0. The standard InChI is InChI=1S/C17H36.C4H8O2/c1-5-6-7-8-9-10-11-14-17(4)15-12-13-16(2)3;1-3(2)4(5)6/h16-17H,5-15H2,1-4H3;3H,1-2H3,(H,5,6)/t17-;/m1./s1. The minimum atomic E-state index is -0.741. The van der Waals surface area contributed by atoms with Crippen molar-refractivity contribution >= 4 is 5.97 Å². The molecule has 0 unspecified atom stereocenters. The monoisotopic (exact) mass is 328 g/mol. The Bertz CT molecular complexity index is 246. The second-order valence-electron chi connectivity index (χ2n) is 7.83. The summed E-state index contributed by atoms with van der Waals surface area (Å²) in [7, 11) is 0. The highest BCUT2D eigenvalue weighted by Crippen LogP contribution is 2.18. The van der Waals surface area contributed by atoms with Gasteiger partial charge < -0.3 is 5.11 Å². The van der Waals surface area contributed by atoms with E-state index in [1.54, 1.807) is 13.8 Å². The lowest BCUT2D eigenvalue weighted by Gasteiger charge is -2.12. The third-order valence-corrected chi connectivity index (χ3v) is 4.27. The molecule has 0 spiro atoms. The molecular weight excluding hydrogens is 284 g/mol. The molecule has 0 heterocycles. The van der Waals surface area contributed by atoms with Crippen molar-refractivity contribution in [1.82, 2.24) is 0 Å². The van der Waals surface area contributed by atoms with Crippen LogP contribution >= 0.6 is 0 Å². The van der Waals surface area contributed by atoms with Crippen molar-refractivity contribution < 1.29 is 9.90 Å². The second-order valence-corrected chi connectivity index (χ2v) is 7.83. The number of rotatable bonds is 13. The van der Waals surface area contributed by atoms with Gasteiger partial charge in [0.05, 0.1) is 5.92 Å². The summed E-state index contributed by atoms with van der Waals surface area (Å²) in [5.74, 6) is 0.880. The molecule has 2 nitrogen and oxygen atoms in total. The highest BCUT2D eigenvalue weighted by atomic mass is 16.4. The molecule has 0 aliphatic rings. The second kappa shape index (κ2) is 17.8. The van der Waals surface area contributed by atoms with Crippen LogP contribution in [-0.4, -0.2) is 11.1 Å². The molecule has 23 heavy (non-hydrogen) atoms. The van der Waals surface area contributed by atoms with Crippen molar-refractivity contribution in [3.63, 3.8) is 0 Å². The maximum Gasteiger partial charge on any atom is 0.305 e. The van der Waals surface area contributed by atoms with E-state index < -0.39 is 5.97 Å². The first-order chi connectivity index (χ1) is 10.8. The van der Waals surface area contributed by atoms with E-state index in [1.165, 1.54) is 70.6 Å². The maximum atomic E-state index is 9.70. The molecule has 0 rings (SSSR count). The van der Waals surface area contributed by atoms with Gasteiger partial charge in [-0.3, -0.25) is 4.79 Å². The predicted octanol–water partition coefficient (Wildman–Crippen LogP) is 7.32. The largest absolute Gasteiger partial charge is 0.481 e. The molecule has 0 aliphatic heterocycles. The van der Waals surface area contributed by atoms with Crippen LogP contribution in [0.2, 0.25) is 0 Å². The first-order valence-corrected chi connectivity index (χ1v) is 10.0. The number of aliphatic carboxylic acids is 1. The molecule has 0 aliphatic carbocycles. The molecule has 0 aromatic carbocycles. The molecule has 2 heteroatoms. The van der Waals surface area contributed by atoms with Crippen LogP contribution in [0.1, 0.15) is 112 Å². The van der Waals surface area contributed by atoms with Crippen LogP contribution in [0, 0.1) is 17.8 Å². The van der Waals surface area contributed by atoms with Gasteiger partial charge in [0.25, 0.3) is 0 Å². The summed E-state index contributed by atoms with van der Waals surface area (Å²) in [4.78, 5) is 9.70. The van der Waals surface area contributed by atoms with Crippen molar-refractivity contribution in [2.24, 2.45) is 17.8 Å². The summed E-state index contributed by atoms with van der Waals surface area (Å²) in [5, 5.41) is 7.99. The summed E-state index contributed by atoms with van der Waals surface area (Å²) in [6.45, 7) is 12.7. The Kier molecular flexibility index (Phi) is 19.1. The van der Waals surface area contributed by atoms with Gasteiger partial charge in [-0.1, -0.05) is 112 Å². The van der Waals surface area contributed by atoms with Crippen LogP contribution < -0.4 is 0 Å². The SMILES string of the molecule is CC(C)C(=O)O.CCCCCCCCC[C@@H](C)CCCC(C)C. The lowest BCUT2D eigenvalue weighted by molar-refractivity contribution is -0.140. The predicted molar refractivity (Wildman–Crippen MR) is 103 cm³/mol. The van der Waals surface area contributed by atoms with Crippen molar-refractivity contribution in [3.05, 3.63) is 0 Å². The fraction of sp³-hybridized carbons (Fsp3) is 0.952. The molecule has 0 saturated carbocycles. The van der Waals surface area contributed by atoms with Gasteiger partial charge in [-0.15, -0.1) is 0 Å². The minimum absolute atomic E-state index is 0.231. The number of carbonyl (C=O) groups is 1. The van der Waals surface area contributed by atoms with Crippen LogP contribution in [0.3, 0.4) is 0 Å². The van der Waals surface area contributed by atoms with Crippen LogP contribution in [0.4, 0.5) is 0 Å². The molecule has 0 radical (unpaired) electrons. The van der Waals surface area contributed by atoms with E-state index in [4.69, 9.17) is 5.11 Å². The number of unbranched alkanes of at least 4 members (excludes halogenated alkanes) is 6. The summed E-state index contributed by atoms with van der Waals surface area (Å²) in [6, 6.07) is 0. The molecule has 140 valence electrons. The van der Waals surface area contributed by atoms with Crippen molar-refractivity contribution in [2.45, 2.75) is 112 Å². The molecule has 0 fully saturated rings.